The van der Waals surface area contributed by atoms with Gasteiger partial charge in [0.1, 0.15) is 0 Å². The Morgan fingerprint density at radius 1 is 0.556 bits per heavy atom. The molecule has 5 nitrogen and oxygen atoms in total. The van der Waals surface area contributed by atoms with Crippen LogP contribution in [0, 0.1) is 0 Å². The Balaban J connectivity index is 1.45. The Kier molecular flexibility index (Phi) is 6.61. The first-order chi connectivity index (χ1) is 22.3. The summed E-state index contributed by atoms with van der Waals surface area (Å²) in [5, 5.41) is 4.56. The molecule has 0 unspecified atom stereocenters. The summed E-state index contributed by atoms with van der Waals surface area (Å²) in [5.74, 6) is 1.08. The summed E-state index contributed by atoms with van der Waals surface area (Å²) in [5.41, 5.74) is 7.45. The van der Waals surface area contributed by atoms with E-state index in [4.69, 9.17) is 9.98 Å². The molecule has 0 saturated heterocycles. The molecule has 45 heavy (non-hydrogen) atoms. The van der Waals surface area contributed by atoms with Gasteiger partial charge in [-0.2, -0.15) is 4.99 Å². The van der Waals surface area contributed by atoms with Gasteiger partial charge in [0.15, 0.2) is 5.84 Å². The number of rotatable bonds is 4. The average molecular weight is 580 g/mol. The van der Waals surface area contributed by atoms with E-state index in [-0.39, 0.29) is 0 Å². The first-order valence-corrected chi connectivity index (χ1v) is 15.0. The fourth-order valence-electron chi connectivity index (χ4n) is 6.35. The van der Waals surface area contributed by atoms with Crippen LogP contribution in [0.5, 0.6) is 0 Å². The minimum atomic E-state index is 0.473. The van der Waals surface area contributed by atoms with Gasteiger partial charge in [0.05, 0.1) is 28.6 Å². The molecule has 6 aromatic carbocycles. The van der Waals surface area contributed by atoms with E-state index in [0.717, 1.165) is 60.4 Å². The summed E-state index contributed by atoms with van der Waals surface area (Å²) >= 11 is 0. The number of hydrogen-bond donors (Lipinski definition) is 0. The van der Waals surface area contributed by atoms with Gasteiger partial charge in [-0.05, 0) is 42.6 Å². The molecule has 0 aliphatic carbocycles. The average Bonchev–Trinajstić information content (AvgIpc) is 3.63. The summed E-state index contributed by atoms with van der Waals surface area (Å²) < 4.78 is 4.49. The van der Waals surface area contributed by atoms with Gasteiger partial charge in [0.2, 0.25) is 5.96 Å². The molecule has 2 aromatic heterocycles. The van der Waals surface area contributed by atoms with Gasteiger partial charge in [-0.1, -0.05) is 121 Å². The van der Waals surface area contributed by atoms with E-state index in [1.165, 1.54) is 0 Å². The number of hydrogen-bond acceptors (Lipinski definition) is 1. The molecule has 8 rings (SSSR count). The fraction of sp³-hybridized carbons (Fsp3) is 0.0250. The zero-order chi connectivity index (χ0) is 30.2. The van der Waals surface area contributed by atoms with Gasteiger partial charge >= 0.3 is 0 Å². The lowest BCUT2D eigenvalue weighted by atomic mass is 10.1. The maximum absolute atomic E-state index is 5.17. The molecule has 5 heteroatoms. The highest BCUT2D eigenvalue weighted by Gasteiger charge is 2.22. The molecule has 0 atom stereocenters. The lowest BCUT2D eigenvalue weighted by Crippen LogP contribution is -2.13. The van der Waals surface area contributed by atoms with Gasteiger partial charge in [0.25, 0.3) is 0 Å². The fourth-order valence-corrected chi connectivity index (χ4v) is 6.35. The number of para-hydroxylation sites is 3. The monoisotopic (exact) mass is 579 g/mol. The highest BCUT2D eigenvalue weighted by atomic mass is 15.2. The van der Waals surface area contributed by atoms with Crippen molar-refractivity contribution in [2.24, 2.45) is 15.0 Å². The minimum absolute atomic E-state index is 0.473. The number of nitrogens with zero attached hydrogens (tertiary/aromatic N) is 5. The maximum atomic E-state index is 5.17. The number of aromatic nitrogens is 2. The van der Waals surface area contributed by atoms with E-state index >= 15 is 0 Å². The predicted octanol–water partition coefficient (Wildman–Crippen LogP) is 9.44. The van der Waals surface area contributed by atoms with Crippen LogP contribution >= 0.6 is 0 Å². The number of fused-ring (bicyclic) bond motifs is 7. The molecule has 0 spiro atoms. The van der Waals surface area contributed by atoms with Crippen LogP contribution < -0.4 is 0 Å². The molecule has 214 valence electrons. The van der Waals surface area contributed by atoms with E-state index in [1.54, 1.807) is 0 Å². The first-order valence-electron chi connectivity index (χ1n) is 15.0. The Hall–Kier alpha value is -6.07. The summed E-state index contributed by atoms with van der Waals surface area (Å²) in [6.07, 6.45) is 0. The Morgan fingerprint density at radius 3 is 1.91 bits per heavy atom. The quantitative estimate of drug-likeness (QED) is 0.147. The van der Waals surface area contributed by atoms with Crippen LogP contribution in [-0.4, -0.2) is 27.6 Å². The molecule has 2 heterocycles. The minimum Gasteiger partial charge on any atom is -0.309 e. The third-order valence-electron chi connectivity index (χ3n) is 8.32. The van der Waals surface area contributed by atoms with Gasteiger partial charge < -0.3 is 4.57 Å². The maximum Gasteiger partial charge on any atom is 0.236 e. The molecule has 0 aliphatic rings. The molecular weight excluding hydrogens is 550 g/mol. The molecule has 0 radical (unpaired) electrons. The third-order valence-corrected chi connectivity index (χ3v) is 8.32. The Labute approximate surface area is 260 Å². The second-order valence-corrected chi connectivity index (χ2v) is 11.0. The van der Waals surface area contributed by atoms with Crippen molar-refractivity contribution in [2.75, 3.05) is 0 Å². The van der Waals surface area contributed by atoms with Crippen molar-refractivity contribution in [1.29, 1.82) is 0 Å². The van der Waals surface area contributed by atoms with E-state index in [1.807, 2.05) is 48.5 Å². The van der Waals surface area contributed by atoms with Crippen LogP contribution in [0.3, 0.4) is 0 Å². The largest absolute Gasteiger partial charge is 0.309 e. The van der Waals surface area contributed by atoms with Crippen LogP contribution in [-0.2, 0) is 6.54 Å². The predicted molar refractivity (Wildman–Crippen MR) is 189 cm³/mol. The van der Waals surface area contributed by atoms with E-state index in [2.05, 4.69) is 124 Å². The molecule has 0 fully saturated rings. The zero-order valence-electron chi connectivity index (χ0n) is 24.6. The normalized spacial score (nSPS) is 12.4. The van der Waals surface area contributed by atoms with Crippen LogP contribution in [0.1, 0.15) is 11.1 Å². The van der Waals surface area contributed by atoms with Crippen molar-refractivity contribution in [3.63, 3.8) is 0 Å². The van der Waals surface area contributed by atoms with E-state index in [9.17, 15) is 0 Å². The summed E-state index contributed by atoms with van der Waals surface area (Å²) in [6, 6.07) is 52.3. The number of benzene rings is 6. The van der Waals surface area contributed by atoms with E-state index < -0.39 is 0 Å². The lowest BCUT2D eigenvalue weighted by Gasteiger charge is -2.10. The van der Waals surface area contributed by atoms with Crippen molar-refractivity contribution in [3.8, 4) is 5.69 Å². The zero-order valence-corrected chi connectivity index (χ0v) is 24.6. The molecule has 8 aromatic rings. The molecule has 0 amide bonds. The second-order valence-electron chi connectivity index (χ2n) is 11.0. The standard InChI is InChI=1S/C40H29N5/c1-41-40(43-39(29-17-7-3-8-18-29)42-27-28-15-5-2-6-16-28)45-34-23-13-11-21-31(34)32-25-26-36-37(38(32)45)33-22-12-14-24-35(33)44(36)30-19-9-4-10-20-30/h2-26H,1,27H2. The topological polar surface area (TPSA) is 46.9 Å². The van der Waals surface area contributed by atoms with Crippen molar-refractivity contribution >= 4 is 62.1 Å². The number of amidine groups is 1. The van der Waals surface area contributed by atoms with E-state index in [0.29, 0.717) is 18.3 Å². The Morgan fingerprint density at radius 2 is 1.18 bits per heavy atom. The molecule has 0 N–H and O–H groups in total. The first kappa shape index (κ1) is 26.5. The van der Waals surface area contributed by atoms with Crippen molar-refractivity contribution < 1.29 is 0 Å². The third kappa shape index (κ3) is 4.53. The Bertz CT molecular complexity index is 2400. The van der Waals surface area contributed by atoms with Gasteiger partial charge in [-0.3, -0.25) is 9.56 Å². The SMILES string of the molecule is C=NC(=NC(=NCc1ccccc1)c1ccccc1)n1c2ccccc2c2ccc3c(c4ccccc4n3-c3ccccc3)c21. The van der Waals surface area contributed by atoms with Gasteiger partial charge in [0, 0.05) is 32.8 Å². The van der Waals surface area contributed by atoms with Crippen LogP contribution in [0.2, 0.25) is 0 Å². The van der Waals surface area contributed by atoms with Crippen LogP contribution in [0.4, 0.5) is 0 Å². The number of aliphatic imine (C=N–C) groups is 3. The second kappa shape index (κ2) is 11.2. The van der Waals surface area contributed by atoms with Crippen molar-refractivity contribution in [3.05, 3.63) is 163 Å². The van der Waals surface area contributed by atoms with Crippen molar-refractivity contribution in [1.82, 2.24) is 9.13 Å². The van der Waals surface area contributed by atoms with Crippen molar-refractivity contribution in [2.45, 2.75) is 6.54 Å². The molecular formula is C40H29N5. The smallest absolute Gasteiger partial charge is 0.236 e. The summed E-state index contributed by atoms with van der Waals surface area (Å²) in [7, 11) is 0. The highest BCUT2D eigenvalue weighted by molar-refractivity contribution is 6.28. The van der Waals surface area contributed by atoms with Gasteiger partial charge in [-0.15, -0.1) is 0 Å². The summed E-state index contributed by atoms with van der Waals surface area (Å²) in [4.78, 5) is 14.7. The lowest BCUT2D eigenvalue weighted by molar-refractivity contribution is 1.06. The van der Waals surface area contributed by atoms with Gasteiger partial charge in [-0.25, -0.2) is 4.99 Å². The molecule has 0 bridgehead atoms. The molecule has 0 aliphatic heterocycles. The van der Waals surface area contributed by atoms with Crippen LogP contribution in [0.15, 0.2) is 167 Å². The van der Waals surface area contributed by atoms with Crippen LogP contribution in [0.25, 0.3) is 49.3 Å². The highest BCUT2D eigenvalue weighted by Crippen LogP contribution is 2.40. The molecule has 0 saturated carbocycles. The summed E-state index contributed by atoms with van der Waals surface area (Å²) in [6.45, 7) is 4.53.